The first-order chi connectivity index (χ1) is 11.2. The highest BCUT2D eigenvalue weighted by atomic mass is 19.1. The van der Waals surface area contributed by atoms with Gasteiger partial charge >= 0.3 is 0 Å². The highest BCUT2D eigenvalue weighted by molar-refractivity contribution is 5.54. The molecular formula is C20H25FN2. The Labute approximate surface area is 138 Å². The van der Waals surface area contributed by atoms with Crippen molar-refractivity contribution in [2.75, 3.05) is 0 Å². The summed E-state index contributed by atoms with van der Waals surface area (Å²) < 4.78 is 12.9. The molecule has 1 saturated carbocycles. The number of aryl methyl sites for hydroxylation is 1. The molecule has 122 valence electrons. The molecule has 2 aromatic rings. The fourth-order valence-corrected chi connectivity index (χ4v) is 3.53. The molecule has 0 bridgehead atoms. The van der Waals surface area contributed by atoms with Crippen molar-refractivity contribution in [3.05, 3.63) is 48.0 Å². The van der Waals surface area contributed by atoms with Crippen molar-refractivity contribution in [1.29, 1.82) is 0 Å². The molecule has 1 fully saturated rings. The summed E-state index contributed by atoms with van der Waals surface area (Å²) in [7, 11) is 0. The maximum Gasteiger partial charge on any atom is 0.159 e. The molecule has 3 rings (SSSR count). The molecular weight excluding hydrogens is 287 g/mol. The standard InChI is InChI=1S/C20H25FN2/c1-2-15-3-5-16(6-4-15)7-8-17-13-22-20(23-14-17)18-9-11-19(21)12-10-18/h9-16H,2-8H2,1H3/t15-,16-. The molecule has 0 atom stereocenters. The van der Waals surface area contributed by atoms with Crippen LogP contribution in [0.25, 0.3) is 11.4 Å². The fourth-order valence-electron chi connectivity index (χ4n) is 3.53. The van der Waals surface area contributed by atoms with Gasteiger partial charge in [-0.25, -0.2) is 14.4 Å². The lowest BCUT2D eigenvalue weighted by Gasteiger charge is -2.27. The molecule has 0 N–H and O–H groups in total. The molecule has 2 nitrogen and oxygen atoms in total. The molecule has 0 radical (unpaired) electrons. The quantitative estimate of drug-likeness (QED) is 0.735. The summed E-state index contributed by atoms with van der Waals surface area (Å²) in [6, 6.07) is 6.32. The maximum atomic E-state index is 12.9. The summed E-state index contributed by atoms with van der Waals surface area (Å²) >= 11 is 0. The Hall–Kier alpha value is -1.77. The number of hydrogen-bond donors (Lipinski definition) is 0. The Morgan fingerprint density at radius 3 is 2.17 bits per heavy atom. The molecule has 0 amide bonds. The average molecular weight is 312 g/mol. The van der Waals surface area contributed by atoms with E-state index in [1.54, 1.807) is 12.1 Å². The molecule has 0 aliphatic heterocycles. The van der Waals surface area contributed by atoms with Gasteiger partial charge in [-0.2, -0.15) is 0 Å². The van der Waals surface area contributed by atoms with Crippen LogP contribution in [0.15, 0.2) is 36.7 Å². The molecule has 1 aliphatic carbocycles. The Morgan fingerprint density at radius 1 is 0.957 bits per heavy atom. The van der Waals surface area contributed by atoms with Crippen LogP contribution in [0.2, 0.25) is 0 Å². The van der Waals surface area contributed by atoms with Crippen molar-refractivity contribution in [3.8, 4) is 11.4 Å². The minimum absolute atomic E-state index is 0.233. The summed E-state index contributed by atoms with van der Waals surface area (Å²) in [5, 5.41) is 0. The second-order valence-electron chi connectivity index (χ2n) is 6.76. The summed E-state index contributed by atoms with van der Waals surface area (Å²) in [6.07, 6.45) is 13.1. The van der Waals surface area contributed by atoms with Gasteiger partial charge in [-0.05, 0) is 54.5 Å². The largest absolute Gasteiger partial charge is 0.236 e. The van der Waals surface area contributed by atoms with Crippen LogP contribution in [0.3, 0.4) is 0 Å². The van der Waals surface area contributed by atoms with Gasteiger partial charge in [-0.3, -0.25) is 0 Å². The molecule has 0 unspecified atom stereocenters. The molecule has 23 heavy (non-hydrogen) atoms. The summed E-state index contributed by atoms with van der Waals surface area (Å²) in [6.45, 7) is 2.31. The van der Waals surface area contributed by atoms with Crippen molar-refractivity contribution < 1.29 is 4.39 Å². The number of benzene rings is 1. The van der Waals surface area contributed by atoms with E-state index in [1.807, 2.05) is 12.4 Å². The van der Waals surface area contributed by atoms with Crippen molar-refractivity contribution in [1.82, 2.24) is 9.97 Å². The van der Waals surface area contributed by atoms with E-state index in [0.29, 0.717) is 5.82 Å². The summed E-state index contributed by atoms with van der Waals surface area (Å²) in [4.78, 5) is 8.87. The summed E-state index contributed by atoms with van der Waals surface area (Å²) in [5.74, 6) is 2.26. The zero-order valence-corrected chi connectivity index (χ0v) is 13.8. The van der Waals surface area contributed by atoms with Gasteiger partial charge in [0.15, 0.2) is 5.82 Å². The van der Waals surface area contributed by atoms with E-state index < -0.39 is 0 Å². The first kappa shape index (κ1) is 16.1. The molecule has 1 aromatic heterocycles. The van der Waals surface area contributed by atoms with Crippen molar-refractivity contribution >= 4 is 0 Å². The van der Waals surface area contributed by atoms with Gasteiger partial charge in [0.25, 0.3) is 0 Å². The zero-order valence-electron chi connectivity index (χ0n) is 13.8. The van der Waals surface area contributed by atoms with Gasteiger partial charge in [0, 0.05) is 18.0 Å². The lowest BCUT2D eigenvalue weighted by Crippen LogP contribution is -2.14. The lowest BCUT2D eigenvalue weighted by atomic mass is 9.79. The van der Waals surface area contributed by atoms with Crippen LogP contribution < -0.4 is 0 Å². The first-order valence-electron chi connectivity index (χ1n) is 8.81. The fraction of sp³-hybridized carbons (Fsp3) is 0.500. The van der Waals surface area contributed by atoms with E-state index >= 15 is 0 Å². The van der Waals surface area contributed by atoms with Crippen molar-refractivity contribution in [2.24, 2.45) is 11.8 Å². The topological polar surface area (TPSA) is 25.8 Å². The van der Waals surface area contributed by atoms with E-state index in [1.165, 1.54) is 56.2 Å². The highest BCUT2D eigenvalue weighted by Crippen LogP contribution is 2.33. The number of halogens is 1. The summed E-state index contributed by atoms with van der Waals surface area (Å²) in [5.41, 5.74) is 2.06. The molecule has 0 spiro atoms. The maximum absolute atomic E-state index is 12.9. The van der Waals surface area contributed by atoms with E-state index in [4.69, 9.17) is 0 Å². The smallest absolute Gasteiger partial charge is 0.159 e. The normalized spacial score (nSPS) is 21.3. The number of rotatable bonds is 5. The molecule has 1 aliphatic rings. The van der Waals surface area contributed by atoms with Gasteiger partial charge in [-0.15, -0.1) is 0 Å². The van der Waals surface area contributed by atoms with Gasteiger partial charge < -0.3 is 0 Å². The number of aromatic nitrogens is 2. The van der Waals surface area contributed by atoms with Crippen LogP contribution in [0, 0.1) is 17.7 Å². The minimum atomic E-state index is -0.233. The Bertz CT molecular complexity index is 599. The zero-order chi connectivity index (χ0) is 16.1. The van der Waals surface area contributed by atoms with Crippen molar-refractivity contribution in [2.45, 2.75) is 51.9 Å². The lowest BCUT2D eigenvalue weighted by molar-refractivity contribution is 0.258. The van der Waals surface area contributed by atoms with Crippen molar-refractivity contribution in [3.63, 3.8) is 0 Å². The van der Waals surface area contributed by atoms with Crippen LogP contribution in [0.4, 0.5) is 4.39 Å². The van der Waals surface area contributed by atoms with Gasteiger partial charge in [0.2, 0.25) is 0 Å². The predicted octanol–water partition coefficient (Wildman–Crippen LogP) is 5.43. The average Bonchev–Trinajstić information content (AvgIpc) is 2.61. The minimum Gasteiger partial charge on any atom is -0.236 e. The van der Waals surface area contributed by atoms with Crippen LogP contribution in [-0.2, 0) is 6.42 Å². The third kappa shape index (κ3) is 4.37. The highest BCUT2D eigenvalue weighted by Gasteiger charge is 2.19. The molecule has 1 aromatic carbocycles. The van der Waals surface area contributed by atoms with Crippen LogP contribution in [0.1, 0.15) is 51.0 Å². The van der Waals surface area contributed by atoms with E-state index in [-0.39, 0.29) is 5.82 Å². The van der Waals surface area contributed by atoms with Gasteiger partial charge in [0.1, 0.15) is 5.82 Å². The Kier molecular flexibility index (Phi) is 5.37. The molecule has 0 saturated heterocycles. The van der Waals surface area contributed by atoms with Gasteiger partial charge in [-0.1, -0.05) is 39.0 Å². The van der Waals surface area contributed by atoms with E-state index in [2.05, 4.69) is 16.9 Å². The molecule has 3 heteroatoms. The Morgan fingerprint density at radius 2 is 1.57 bits per heavy atom. The third-order valence-corrected chi connectivity index (χ3v) is 5.19. The number of nitrogens with zero attached hydrogens (tertiary/aromatic N) is 2. The van der Waals surface area contributed by atoms with E-state index in [9.17, 15) is 4.39 Å². The Balaban J connectivity index is 1.53. The SMILES string of the molecule is CC[C@H]1CC[C@H](CCc2cnc(-c3ccc(F)cc3)nc2)CC1. The monoisotopic (exact) mass is 312 g/mol. The van der Waals surface area contributed by atoms with Crippen LogP contribution in [0.5, 0.6) is 0 Å². The first-order valence-corrected chi connectivity index (χ1v) is 8.81. The predicted molar refractivity (Wildman–Crippen MR) is 91.5 cm³/mol. The van der Waals surface area contributed by atoms with E-state index in [0.717, 1.165) is 23.8 Å². The second kappa shape index (κ2) is 7.67. The van der Waals surface area contributed by atoms with Gasteiger partial charge in [0.05, 0.1) is 0 Å². The number of hydrogen-bond acceptors (Lipinski definition) is 2. The van der Waals surface area contributed by atoms with Crippen LogP contribution in [-0.4, -0.2) is 9.97 Å². The molecule has 1 heterocycles. The van der Waals surface area contributed by atoms with Crippen LogP contribution >= 0.6 is 0 Å². The third-order valence-electron chi connectivity index (χ3n) is 5.19. The second-order valence-corrected chi connectivity index (χ2v) is 6.76.